The van der Waals surface area contributed by atoms with Crippen molar-refractivity contribution in [1.82, 2.24) is 10.6 Å². The number of benzene rings is 1. The number of rotatable bonds is 3. The lowest BCUT2D eigenvalue weighted by Gasteiger charge is -2.29. The highest BCUT2D eigenvalue weighted by Gasteiger charge is 2.31. The first-order chi connectivity index (χ1) is 10.3. The standard InChI is InChI=1S/C13H13N3O5S/c1-6-10(12(18)21-2)11(15-13(22)14-6)7-3-4-9(17)8(5-7)16(19)20/h3-5,11,17H,1-2H3,(H2,14,15,22)/p-1/t11-/m0/s1. The van der Waals surface area contributed by atoms with Crippen molar-refractivity contribution >= 4 is 29.0 Å². The van der Waals surface area contributed by atoms with E-state index in [0.29, 0.717) is 11.3 Å². The number of nitro benzene ring substituents is 1. The van der Waals surface area contributed by atoms with Crippen molar-refractivity contribution < 1.29 is 19.6 Å². The van der Waals surface area contributed by atoms with Gasteiger partial charge in [0.25, 0.3) is 5.69 Å². The molecule has 0 aromatic heterocycles. The molecule has 0 unspecified atom stereocenters. The fourth-order valence-electron chi connectivity index (χ4n) is 2.18. The van der Waals surface area contributed by atoms with Gasteiger partial charge in [0.05, 0.1) is 23.6 Å². The van der Waals surface area contributed by atoms with Crippen LogP contribution in [0.1, 0.15) is 18.5 Å². The summed E-state index contributed by atoms with van der Waals surface area (Å²) in [5.41, 5.74) is 0.527. The van der Waals surface area contributed by atoms with Crippen molar-refractivity contribution in [2.75, 3.05) is 7.11 Å². The van der Waals surface area contributed by atoms with Crippen LogP contribution in [-0.4, -0.2) is 23.1 Å². The number of carbonyl (C=O) groups is 1. The Morgan fingerprint density at radius 2 is 2.14 bits per heavy atom. The molecule has 0 saturated carbocycles. The minimum absolute atomic E-state index is 0.240. The zero-order chi connectivity index (χ0) is 16.4. The van der Waals surface area contributed by atoms with Crippen molar-refractivity contribution in [3.8, 4) is 5.75 Å². The number of esters is 1. The Hall–Kier alpha value is -2.68. The first-order valence-electron chi connectivity index (χ1n) is 6.17. The van der Waals surface area contributed by atoms with E-state index in [1.807, 2.05) is 0 Å². The van der Waals surface area contributed by atoms with Crippen LogP contribution in [0.25, 0.3) is 0 Å². The van der Waals surface area contributed by atoms with Gasteiger partial charge >= 0.3 is 5.97 Å². The number of thiocarbonyl (C=S) groups is 1. The molecule has 1 aromatic rings. The average Bonchev–Trinajstić information content (AvgIpc) is 2.46. The molecule has 0 aliphatic carbocycles. The predicted molar refractivity (Wildman–Crippen MR) is 78.9 cm³/mol. The molecule has 116 valence electrons. The maximum absolute atomic E-state index is 12.0. The monoisotopic (exact) mass is 322 g/mol. The van der Waals surface area contributed by atoms with Gasteiger partial charge in [-0.1, -0.05) is 12.1 Å². The summed E-state index contributed by atoms with van der Waals surface area (Å²) in [7, 11) is 1.23. The quantitative estimate of drug-likeness (QED) is 0.360. The number of nitro groups is 1. The largest absolute Gasteiger partial charge is 0.868 e. The zero-order valence-corrected chi connectivity index (χ0v) is 12.5. The van der Waals surface area contributed by atoms with Crippen molar-refractivity contribution in [1.29, 1.82) is 0 Å². The molecule has 0 radical (unpaired) electrons. The normalized spacial score (nSPS) is 17.5. The van der Waals surface area contributed by atoms with E-state index in [2.05, 4.69) is 10.6 Å². The molecule has 1 aliphatic rings. The minimum Gasteiger partial charge on any atom is -0.868 e. The second kappa shape index (κ2) is 5.98. The Kier molecular flexibility index (Phi) is 4.27. The first-order valence-corrected chi connectivity index (χ1v) is 6.58. The molecule has 2 N–H and O–H groups in total. The van der Waals surface area contributed by atoms with Crippen molar-refractivity contribution in [3.63, 3.8) is 0 Å². The lowest BCUT2D eigenvalue weighted by Crippen LogP contribution is -2.45. The van der Waals surface area contributed by atoms with E-state index in [9.17, 15) is 20.0 Å². The third kappa shape index (κ3) is 2.84. The van der Waals surface area contributed by atoms with E-state index in [0.717, 1.165) is 12.1 Å². The van der Waals surface area contributed by atoms with Gasteiger partial charge in [-0.15, -0.1) is 0 Å². The van der Waals surface area contributed by atoms with Crippen LogP contribution in [0.4, 0.5) is 5.69 Å². The highest BCUT2D eigenvalue weighted by atomic mass is 32.1. The number of carbonyl (C=O) groups excluding carboxylic acids is 1. The third-order valence-corrected chi connectivity index (χ3v) is 3.41. The fraction of sp³-hybridized carbons (Fsp3) is 0.231. The fourth-order valence-corrected chi connectivity index (χ4v) is 2.45. The molecule has 0 amide bonds. The number of ether oxygens (including phenoxy) is 1. The maximum Gasteiger partial charge on any atom is 0.337 e. The molecule has 1 heterocycles. The summed E-state index contributed by atoms with van der Waals surface area (Å²) in [6.45, 7) is 1.64. The Balaban J connectivity index is 2.55. The van der Waals surface area contributed by atoms with Crippen LogP contribution in [0.3, 0.4) is 0 Å². The van der Waals surface area contributed by atoms with Crippen LogP contribution in [0, 0.1) is 10.1 Å². The van der Waals surface area contributed by atoms with E-state index in [1.54, 1.807) is 6.92 Å². The summed E-state index contributed by atoms with van der Waals surface area (Å²) in [6, 6.07) is 2.90. The SMILES string of the molecule is COC(=O)C1=C(C)NC(=S)N[C@H]1c1ccc([O-])c([N+](=O)[O-])c1. The Bertz CT molecular complexity index is 701. The second-order valence-electron chi connectivity index (χ2n) is 4.55. The molecular weight excluding hydrogens is 310 g/mol. The van der Waals surface area contributed by atoms with Crippen molar-refractivity contribution in [2.45, 2.75) is 13.0 Å². The lowest BCUT2D eigenvalue weighted by molar-refractivity contribution is -0.398. The molecule has 1 aliphatic heterocycles. The average molecular weight is 322 g/mol. The van der Waals surface area contributed by atoms with E-state index in [-0.39, 0.29) is 10.7 Å². The molecular formula is C13H12N3O5S-. The van der Waals surface area contributed by atoms with Gasteiger partial charge in [-0.2, -0.15) is 0 Å². The van der Waals surface area contributed by atoms with Gasteiger partial charge in [-0.25, -0.2) is 4.79 Å². The van der Waals surface area contributed by atoms with Crippen molar-refractivity contribution in [3.05, 3.63) is 45.1 Å². The Labute approximate surface area is 130 Å². The number of nitrogens with zero attached hydrogens (tertiary/aromatic N) is 1. The first kappa shape index (κ1) is 15.7. The molecule has 0 spiro atoms. The Morgan fingerprint density at radius 3 is 2.73 bits per heavy atom. The van der Waals surface area contributed by atoms with Gasteiger partial charge in [0.2, 0.25) is 0 Å². The maximum atomic E-state index is 12.0. The number of hydrogen-bond donors (Lipinski definition) is 2. The molecule has 0 fully saturated rings. The summed E-state index contributed by atoms with van der Waals surface area (Å²) in [5, 5.41) is 28.3. The molecule has 0 saturated heterocycles. The van der Waals surface area contributed by atoms with Gasteiger partial charge in [-0.05, 0) is 30.5 Å². The highest BCUT2D eigenvalue weighted by molar-refractivity contribution is 7.80. The molecule has 8 nitrogen and oxygen atoms in total. The molecule has 9 heteroatoms. The molecule has 1 aromatic carbocycles. The van der Waals surface area contributed by atoms with Crippen LogP contribution >= 0.6 is 12.2 Å². The highest BCUT2D eigenvalue weighted by Crippen LogP contribution is 2.32. The minimum atomic E-state index is -0.764. The number of methoxy groups -OCH3 is 1. The summed E-state index contributed by atoms with van der Waals surface area (Å²) in [6.07, 6.45) is 0. The van der Waals surface area contributed by atoms with Gasteiger partial charge in [0.1, 0.15) is 0 Å². The second-order valence-corrected chi connectivity index (χ2v) is 4.95. The Morgan fingerprint density at radius 1 is 1.45 bits per heavy atom. The van der Waals surface area contributed by atoms with E-state index < -0.39 is 28.4 Å². The van der Waals surface area contributed by atoms with E-state index >= 15 is 0 Å². The molecule has 1 atom stereocenters. The summed E-state index contributed by atoms with van der Waals surface area (Å²) in [4.78, 5) is 22.1. The van der Waals surface area contributed by atoms with Crippen LogP contribution in [0.5, 0.6) is 5.75 Å². The molecule has 2 rings (SSSR count). The van der Waals surface area contributed by atoms with Crippen molar-refractivity contribution in [2.24, 2.45) is 0 Å². The van der Waals surface area contributed by atoms with Crippen LogP contribution in [0.15, 0.2) is 29.5 Å². The summed E-state index contributed by atoms with van der Waals surface area (Å²) >= 11 is 5.04. The topological polar surface area (TPSA) is 117 Å². The van der Waals surface area contributed by atoms with Gasteiger partial charge < -0.3 is 20.5 Å². The smallest absolute Gasteiger partial charge is 0.337 e. The molecule has 0 bridgehead atoms. The van der Waals surface area contributed by atoms with Gasteiger partial charge in [0, 0.05) is 11.8 Å². The molecule has 22 heavy (non-hydrogen) atoms. The van der Waals surface area contributed by atoms with Gasteiger partial charge in [0.15, 0.2) is 5.11 Å². The zero-order valence-electron chi connectivity index (χ0n) is 11.7. The van der Waals surface area contributed by atoms with Crippen LogP contribution in [-0.2, 0) is 9.53 Å². The van der Waals surface area contributed by atoms with Crippen LogP contribution in [0.2, 0.25) is 0 Å². The lowest BCUT2D eigenvalue weighted by atomic mass is 9.95. The number of hydrogen-bond acceptors (Lipinski definition) is 6. The number of allylic oxidation sites excluding steroid dienone is 1. The van der Waals surface area contributed by atoms with E-state index in [1.165, 1.54) is 13.2 Å². The summed E-state index contributed by atoms with van der Waals surface area (Å²) in [5.74, 6) is -1.30. The predicted octanol–water partition coefficient (Wildman–Crippen LogP) is 0.634. The van der Waals surface area contributed by atoms with E-state index in [4.69, 9.17) is 17.0 Å². The third-order valence-electron chi connectivity index (χ3n) is 3.19. The number of nitrogens with one attached hydrogen (secondary N) is 2. The summed E-state index contributed by atoms with van der Waals surface area (Å²) < 4.78 is 4.73. The van der Waals surface area contributed by atoms with Crippen LogP contribution < -0.4 is 15.7 Å². The van der Waals surface area contributed by atoms with Gasteiger partial charge in [-0.3, -0.25) is 10.1 Å².